The summed E-state index contributed by atoms with van der Waals surface area (Å²) in [4.78, 5) is 4.50. The first kappa shape index (κ1) is 11.7. The van der Waals surface area contributed by atoms with Crippen molar-refractivity contribution in [1.82, 2.24) is 0 Å². The van der Waals surface area contributed by atoms with Crippen molar-refractivity contribution >= 4 is 29.1 Å². The predicted molar refractivity (Wildman–Crippen MR) is 67.5 cm³/mol. The van der Waals surface area contributed by atoms with Gasteiger partial charge in [-0.1, -0.05) is 42.3 Å². The quantitative estimate of drug-likeness (QED) is 0.793. The number of benzene rings is 1. The van der Waals surface area contributed by atoms with Crippen LogP contribution in [0.4, 0.5) is 0 Å². The Balaban J connectivity index is 2.23. The van der Waals surface area contributed by atoms with Gasteiger partial charge in [0.25, 0.3) is 0 Å². The molecule has 0 radical (unpaired) electrons. The molecule has 0 amide bonds. The van der Waals surface area contributed by atoms with Gasteiger partial charge in [0, 0.05) is 12.0 Å². The topological polar surface area (TPSA) is 21.6 Å². The van der Waals surface area contributed by atoms with Crippen LogP contribution in [0, 0.1) is 0 Å². The van der Waals surface area contributed by atoms with Gasteiger partial charge in [0.2, 0.25) is 0 Å². The molecule has 86 valence electrons. The van der Waals surface area contributed by atoms with Gasteiger partial charge in [-0.3, -0.25) is 0 Å². The third kappa shape index (κ3) is 2.33. The summed E-state index contributed by atoms with van der Waals surface area (Å²) in [6.45, 7) is 2.67. The lowest BCUT2D eigenvalue weighted by Crippen LogP contribution is -1.99. The normalized spacial score (nSPS) is 19.4. The van der Waals surface area contributed by atoms with Gasteiger partial charge in [0.05, 0.1) is 10.0 Å². The molecule has 1 aliphatic rings. The minimum atomic E-state index is -0.00671. The van der Waals surface area contributed by atoms with Gasteiger partial charge in [0.15, 0.2) is 5.90 Å². The van der Waals surface area contributed by atoms with E-state index in [1.807, 2.05) is 12.1 Å². The first-order chi connectivity index (χ1) is 7.72. The van der Waals surface area contributed by atoms with Crippen LogP contribution < -0.4 is 0 Å². The maximum atomic E-state index is 6.14. The van der Waals surface area contributed by atoms with Gasteiger partial charge in [-0.25, -0.2) is 4.99 Å². The Kier molecular flexibility index (Phi) is 3.72. The van der Waals surface area contributed by atoms with Gasteiger partial charge in [0.1, 0.15) is 12.6 Å². The smallest absolute Gasteiger partial charge is 0.183 e. The molecule has 1 heterocycles. The molecule has 2 rings (SSSR count). The number of halogens is 2. The summed E-state index contributed by atoms with van der Waals surface area (Å²) in [7, 11) is 0. The second-order valence-electron chi connectivity index (χ2n) is 3.74. The number of hydrogen-bond acceptors (Lipinski definition) is 2. The number of aliphatic imine (C=N–C) groups is 1. The average Bonchev–Trinajstić information content (AvgIpc) is 2.71. The summed E-state index contributed by atoms with van der Waals surface area (Å²) >= 11 is 12.1. The number of hydrogen-bond donors (Lipinski definition) is 0. The summed E-state index contributed by atoms with van der Waals surface area (Å²) in [6.07, 6.45) is 1.92. The van der Waals surface area contributed by atoms with Crippen molar-refractivity contribution in [1.29, 1.82) is 0 Å². The largest absolute Gasteiger partial charge is 0.478 e. The fourth-order valence-electron chi connectivity index (χ4n) is 1.71. The molecule has 0 bridgehead atoms. The van der Waals surface area contributed by atoms with E-state index in [0.717, 1.165) is 24.3 Å². The van der Waals surface area contributed by atoms with E-state index >= 15 is 0 Å². The molecule has 1 atom stereocenters. The van der Waals surface area contributed by atoms with Gasteiger partial charge in [-0.05, 0) is 12.5 Å². The van der Waals surface area contributed by atoms with Crippen molar-refractivity contribution in [2.45, 2.75) is 25.8 Å². The highest BCUT2D eigenvalue weighted by Gasteiger charge is 2.22. The van der Waals surface area contributed by atoms with E-state index in [4.69, 9.17) is 27.9 Å². The molecule has 1 aliphatic heterocycles. The molecule has 16 heavy (non-hydrogen) atoms. The Morgan fingerprint density at radius 3 is 3.00 bits per heavy atom. The van der Waals surface area contributed by atoms with Crippen molar-refractivity contribution in [2.24, 2.45) is 4.99 Å². The van der Waals surface area contributed by atoms with E-state index in [-0.39, 0.29) is 6.04 Å². The molecular formula is C12H13Cl2NO. The third-order valence-corrected chi connectivity index (χ3v) is 3.35. The first-order valence-electron chi connectivity index (χ1n) is 5.35. The van der Waals surface area contributed by atoms with Crippen molar-refractivity contribution in [3.8, 4) is 0 Å². The van der Waals surface area contributed by atoms with Crippen LogP contribution in [-0.2, 0) is 4.74 Å². The zero-order valence-corrected chi connectivity index (χ0v) is 10.6. The van der Waals surface area contributed by atoms with Crippen molar-refractivity contribution in [2.75, 3.05) is 6.61 Å². The molecular weight excluding hydrogens is 245 g/mol. The van der Waals surface area contributed by atoms with Gasteiger partial charge >= 0.3 is 0 Å². The molecule has 0 fully saturated rings. The highest BCUT2D eigenvalue weighted by Crippen LogP contribution is 2.34. The first-order valence-corrected chi connectivity index (χ1v) is 6.11. The van der Waals surface area contributed by atoms with Gasteiger partial charge in [-0.15, -0.1) is 0 Å². The molecule has 0 aromatic heterocycles. The van der Waals surface area contributed by atoms with Crippen molar-refractivity contribution in [3.05, 3.63) is 33.8 Å². The molecule has 0 saturated heterocycles. The fourth-order valence-corrected chi connectivity index (χ4v) is 2.14. The minimum absolute atomic E-state index is 0.00671. The van der Waals surface area contributed by atoms with Crippen LogP contribution in [0.1, 0.15) is 31.4 Å². The Morgan fingerprint density at radius 1 is 1.44 bits per heavy atom. The van der Waals surface area contributed by atoms with E-state index in [2.05, 4.69) is 11.9 Å². The summed E-state index contributed by atoms with van der Waals surface area (Å²) in [6, 6.07) is 5.60. The number of ether oxygens (including phenoxy) is 1. The SMILES string of the molecule is CCCC1=N[C@H](c2cccc(Cl)c2Cl)CO1. The predicted octanol–water partition coefficient (Wildman–Crippen LogP) is 4.26. The monoisotopic (exact) mass is 257 g/mol. The molecule has 0 saturated carbocycles. The highest BCUT2D eigenvalue weighted by molar-refractivity contribution is 6.42. The maximum Gasteiger partial charge on any atom is 0.183 e. The van der Waals surface area contributed by atoms with E-state index < -0.39 is 0 Å². The maximum absolute atomic E-state index is 6.14. The Hall–Kier alpha value is -0.730. The van der Waals surface area contributed by atoms with Crippen LogP contribution in [0.15, 0.2) is 23.2 Å². The lowest BCUT2D eigenvalue weighted by atomic mass is 10.1. The Bertz CT molecular complexity index is 417. The lowest BCUT2D eigenvalue weighted by Gasteiger charge is -2.08. The van der Waals surface area contributed by atoms with Crippen LogP contribution in [0.25, 0.3) is 0 Å². The van der Waals surface area contributed by atoms with E-state index in [0.29, 0.717) is 16.7 Å². The average molecular weight is 258 g/mol. The molecule has 0 unspecified atom stereocenters. The second kappa shape index (κ2) is 5.07. The van der Waals surface area contributed by atoms with Crippen molar-refractivity contribution < 1.29 is 4.74 Å². The second-order valence-corrected chi connectivity index (χ2v) is 4.53. The Labute approximate surface area is 105 Å². The standard InChI is InChI=1S/C12H13Cl2NO/c1-2-4-11-15-10(7-16-11)8-5-3-6-9(13)12(8)14/h3,5-6,10H,2,4,7H2,1H3/t10-/m0/s1. The minimum Gasteiger partial charge on any atom is -0.478 e. The van der Waals surface area contributed by atoms with E-state index in [1.54, 1.807) is 6.07 Å². The van der Waals surface area contributed by atoms with Crippen LogP contribution in [0.3, 0.4) is 0 Å². The van der Waals surface area contributed by atoms with Gasteiger partial charge < -0.3 is 4.74 Å². The third-order valence-electron chi connectivity index (χ3n) is 2.51. The molecule has 0 aliphatic carbocycles. The van der Waals surface area contributed by atoms with Crippen LogP contribution in [0.2, 0.25) is 10.0 Å². The molecule has 2 nitrogen and oxygen atoms in total. The zero-order valence-electron chi connectivity index (χ0n) is 9.04. The molecule has 0 spiro atoms. The molecule has 4 heteroatoms. The van der Waals surface area contributed by atoms with Crippen molar-refractivity contribution in [3.63, 3.8) is 0 Å². The van der Waals surface area contributed by atoms with Crippen LogP contribution in [-0.4, -0.2) is 12.5 Å². The van der Waals surface area contributed by atoms with Crippen LogP contribution >= 0.6 is 23.2 Å². The van der Waals surface area contributed by atoms with E-state index in [1.165, 1.54) is 0 Å². The summed E-state index contributed by atoms with van der Waals surface area (Å²) in [5, 5.41) is 1.15. The zero-order chi connectivity index (χ0) is 11.5. The van der Waals surface area contributed by atoms with E-state index in [9.17, 15) is 0 Å². The summed E-state index contributed by atoms with van der Waals surface area (Å²) in [5.74, 6) is 0.823. The molecule has 1 aromatic carbocycles. The number of rotatable bonds is 3. The molecule has 1 aromatic rings. The lowest BCUT2D eigenvalue weighted by molar-refractivity contribution is 0.311. The highest BCUT2D eigenvalue weighted by atomic mass is 35.5. The van der Waals surface area contributed by atoms with Gasteiger partial charge in [-0.2, -0.15) is 0 Å². The fraction of sp³-hybridized carbons (Fsp3) is 0.417. The van der Waals surface area contributed by atoms with Crippen LogP contribution in [0.5, 0.6) is 0 Å². The Morgan fingerprint density at radius 2 is 2.25 bits per heavy atom. The summed E-state index contributed by atoms with van der Waals surface area (Å²) in [5.41, 5.74) is 0.945. The number of nitrogens with zero attached hydrogens (tertiary/aromatic N) is 1. The molecule has 0 N–H and O–H groups in total. The summed E-state index contributed by atoms with van der Waals surface area (Å²) < 4.78 is 5.50.